The molecule has 1 aliphatic heterocycles. The number of benzene rings is 3. The van der Waals surface area contributed by atoms with Gasteiger partial charge in [0.05, 0.1) is 17.6 Å². The molecule has 174 valence electrons. The number of imidazole rings is 1. The van der Waals surface area contributed by atoms with Crippen molar-refractivity contribution < 1.29 is 9.53 Å². The summed E-state index contributed by atoms with van der Waals surface area (Å²) in [7, 11) is 0. The Kier molecular flexibility index (Phi) is 5.86. The van der Waals surface area contributed by atoms with Crippen molar-refractivity contribution in [2.45, 2.75) is 46.6 Å². The van der Waals surface area contributed by atoms with Crippen molar-refractivity contribution in [3.8, 4) is 5.75 Å². The number of amides is 1. The van der Waals surface area contributed by atoms with Gasteiger partial charge in [0.2, 0.25) is 5.91 Å². The molecule has 3 aromatic carbocycles. The van der Waals surface area contributed by atoms with Gasteiger partial charge in [-0.05, 0) is 74.2 Å². The second-order valence-electron chi connectivity index (χ2n) is 9.43. The van der Waals surface area contributed by atoms with E-state index in [2.05, 4.69) is 68.7 Å². The molecule has 0 N–H and O–H groups in total. The number of aryl methyl sites for hydroxylation is 4. The van der Waals surface area contributed by atoms with E-state index in [-0.39, 0.29) is 11.8 Å². The van der Waals surface area contributed by atoms with Gasteiger partial charge >= 0.3 is 0 Å². The minimum atomic E-state index is 0.0418. The van der Waals surface area contributed by atoms with Gasteiger partial charge in [-0.2, -0.15) is 0 Å². The largest absolute Gasteiger partial charge is 0.492 e. The van der Waals surface area contributed by atoms with Crippen LogP contribution in [-0.4, -0.2) is 28.6 Å². The Bertz CT molecular complexity index is 1330. The molecule has 1 unspecified atom stereocenters. The lowest BCUT2D eigenvalue weighted by Crippen LogP contribution is -2.26. The maximum atomic E-state index is 13.1. The van der Waals surface area contributed by atoms with Crippen LogP contribution in [0.15, 0.2) is 60.7 Å². The van der Waals surface area contributed by atoms with E-state index in [4.69, 9.17) is 9.72 Å². The minimum Gasteiger partial charge on any atom is -0.492 e. The van der Waals surface area contributed by atoms with E-state index >= 15 is 0 Å². The highest BCUT2D eigenvalue weighted by atomic mass is 16.5. The van der Waals surface area contributed by atoms with Gasteiger partial charge in [-0.3, -0.25) is 4.79 Å². The lowest BCUT2D eigenvalue weighted by Gasteiger charge is -2.21. The molecule has 1 fully saturated rings. The number of aromatic nitrogens is 2. The highest BCUT2D eigenvalue weighted by molar-refractivity contribution is 5.98. The lowest BCUT2D eigenvalue weighted by molar-refractivity contribution is -0.117. The number of hydrogen-bond donors (Lipinski definition) is 0. The number of rotatable bonds is 6. The SMILES string of the molecule is Cc1cc(C)cc(OCCn2c(C3CC(=O)N(c4c(C)cccc4C)C3)nc3ccccc32)c1. The van der Waals surface area contributed by atoms with Crippen LogP contribution in [0.25, 0.3) is 11.0 Å². The predicted molar refractivity (Wildman–Crippen MR) is 137 cm³/mol. The first-order valence-electron chi connectivity index (χ1n) is 11.9. The Morgan fingerprint density at radius 3 is 2.38 bits per heavy atom. The summed E-state index contributed by atoms with van der Waals surface area (Å²) in [6.07, 6.45) is 0.467. The summed E-state index contributed by atoms with van der Waals surface area (Å²) in [4.78, 5) is 20.1. The quantitative estimate of drug-likeness (QED) is 0.367. The number of fused-ring (bicyclic) bond motifs is 1. The van der Waals surface area contributed by atoms with E-state index in [1.807, 2.05) is 29.2 Å². The molecule has 0 bridgehead atoms. The van der Waals surface area contributed by atoms with Gasteiger partial charge in [-0.25, -0.2) is 4.98 Å². The zero-order valence-corrected chi connectivity index (χ0v) is 20.3. The van der Waals surface area contributed by atoms with Crippen LogP contribution in [0.3, 0.4) is 0 Å². The first-order chi connectivity index (χ1) is 16.4. The average molecular weight is 454 g/mol. The molecule has 0 radical (unpaired) electrons. The first kappa shape index (κ1) is 22.2. The smallest absolute Gasteiger partial charge is 0.227 e. The van der Waals surface area contributed by atoms with Crippen molar-refractivity contribution in [1.82, 2.24) is 9.55 Å². The molecule has 0 spiro atoms. The summed E-state index contributed by atoms with van der Waals surface area (Å²) in [6, 6.07) is 20.7. The average Bonchev–Trinajstić information content (AvgIpc) is 3.34. The van der Waals surface area contributed by atoms with Gasteiger partial charge in [0.25, 0.3) is 0 Å². The summed E-state index contributed by atoms with van der Waals surface area (Å²) in [6.45, 7) is 10.2. The monoisotopic (exact) mass is 453 g/mol. The second-order valence-corrected chi connectivity index (χ2v) is 9.43. The molecule has 1 aromatic heterocycles. The predicted octanol–water partition coefficient (Wildman–Crippen LogP) is 5.87. The molecule has 2 heterocycles. The van der Waals surface area contributed by atoms with Crippen LogP contribution < -0.4 is 9.64 Å². The van der Waals surface area contributed by atoms with Crippen LogP contribution in [-0.2, 0) is 11.3 Å². The number of ether oxygens (including phenoxy) is 1. The highest BCUT2D eigenvalue weighted by Crippen LogP contribution is 2.36. The number of anilines is 1. The third-order valence-corrected chi connectivity index (χ3v) is 6.66. The van der Waals surface area contributed by atoms with E-state index in [0.29, 0.717) is 26.1 Å². The molecule has 1 amide bonds. The molecule has 0 saturated carbocycles. The molecular weight excluding hydrogens is 422 g/mol. The van der Waals surface area contributed by atoms with Crippen molar-refractivity contribution in [2.24, 2.45) is 0 Å². The molecule has 0 aliphatic carbocycles. The van der Waals surface area contributed by atoms with Crippen LogP contribution in [0, 0.1) is 27.7 Å². The molecule has 34 heavy (non-hydrogen) atoms. The molecule has 1 aliphatic rings. The summed E-state index contributed by atoms with van der Waals surface area (Å²) < 4.78 is 8.36. The number of para-hydroxylation sites is 3. The van der Waals surface area contributed by atoms with Gasteiger partial charge in [0.1, 0.15) is 18.2 Å². The van der Waals surface area contributed by atoms with E-state index in [9.17, 15) is 4.79 Å². The molecule has 5 heteroatoms. The van der Waals surface area contributed by atoms with Crippen molar-refractivity contribution in [2.75, 3.05) is 18.1 Å². The molecule has 4 aromatic rings. The van der Waals surface area contributed by atoms with Crippen LogP contribution in [0.5, 0.6) is 5.75 Å². The maximum absolute atomic E-state index is 13.1. The van der Waals surface area contributed by atoms with Gasteiger partial charge < -0.3 is 14.2 Å². The first-order valence-corrected chi connectivity index (χ1v) is 11.9. The fraction of sp³-hybridized carbons (Fsp3) is 0.310. The summed E-state index contributed by atoms with van der Waals surface area (Å²) in [5, 5.41) is 0. The Hall–Kier alpha value is -3.60. The molecule has 5 rings (SSSR count). The van der Waals surface area contributed by atoms with Gasteiger partial charge in [-0.15, -0.1) is 0 Å². The number of carbonyl (C=O) groups excluding carboxylic acids is 1. The normalized spacial score (nSPS) is 15.9. The topological polar surface area (TPSA) is 47.4 Å². The van der Waals surface area contributed by atoms with E-state index in [1.54, 1.807) is 0 Å². The van der Waals surface area contributed by atoms with E-state index < -0.39 is 0 Å². The molecular formula is C29H31N3O2. The third kappa shape index (κ3) is 4.18. The van der Waals surface area contributed by atoms with E-state index in [1.165, 1.54) is 11.1 Å². The second kappa shape index (κ2) is 8.98. The summed E-state index contributed by atoms with van der Waals surface area (Å²) in [5.41, 5.74) is 7.73. The highest BCUT2D eigenvalue weighted by Gasteiger charge is 2.35. The van der Waals surface area contributed by atoms with Crippen molar-refractivity contribution in [1.29, 1.82) is 0 Å². The van der Waals surface area contributed by atoms with Crippen molar-refractivity contribution >= 4 is 22.6 Å². The third-order valence-electron chi connectivity index (χ3n) is 6.66. The molecule has 1 atom stereocenters. The molecule has 1 saturated heterocycles. The van der Waals surface area contributed by atoms with Crippen LogP contribution in [0.1, 0.15) is 40.4 Å². The van der Waals surface area contributed by atoms with E-state index in [0.717, 1.165) is 39.4 Å². The fourth-order valence-corrected chi connectivity index (χ4v) is 5.24. The Balaban J connectivity index is 1.42. The number of nitrogens with zero attached hydrogens (tertiary/aromatic N) is 3. The number of hydrogen-bond acceptors (Lipinski definition) is 3. The van der Waals surface area contributed by atoms with Gasteiger partial charge in [-0.1, -0.05) is 36.4 Å². The summed E-state index contributed by atoms with van der Waals surface area (Å²) in [5.74, 6) is 2.06. The Morgan fingerprint density at radius 1 is 0.941 bits per heavy atom. The van der Waals surface area contributed by atoms with Crippen LogP contribution >= 0.6 is 0 Å². The zero-order valence-electron chi connectivity index (χ0n) is 20.3. The van der Waals surface area contributed by atoms with Crippen molar-refractivity contribution in [3.05, 3.63) is 88.7 Å². The Labute approximate surface area is 201 Å². The van der Waals surface area contributed by atoms with Gasteiger partial charge in [0.15, 0.2) is 0 Å². The standard InChI is InChI=1S/C29H31N3O2/c1-19-14-20(2)16-24(15-19)34-13-12-31-26-11-6-5-10-25(26)30-29(31)23-17-27(33)32(18-23)28-21(3)8-7-9-22(28)4/h5-11,14-16,23H,12-13,17-18H2,1-4H3. The van der Waals surface area contributed by atoms with Crippen LogP contribution in [0.4, 0.5) is 5.69 Å². The minimum absolute atomic E-state index is 0.0418. The van der Waals surface area contributed by atoms with Crippen LogP contribution in [0.2, 0.25) is 0 Å². The number of carbonyl (C=O) groups is 1. The molecule has 5 nitrogen and oxygen atoms in total. The zero-order chi connectivity index (χ0) is 23.8. The Morgan fingerprint density at radius 2 is 1.65 bits per heavy atom. The summed E-state index contributed by atoms with van der Waals surface area (Å²) >= 11 is 0. The fourth-order valence-electron chi connectivity index (χ4n) is 5.24. The van der Waals surface area contributed by atoms with Gasteiger partial charge in [0, 0.05) is 24.6 Å². The van der Waals surface area contributed by atoms with Crippen molar-refractivity contribution in [3.63, 3.8) is 0 Å². The maximum Gasteiger partial charge on any atom is 0.227 e. The lowest BCUT2D eigenvalue weighted by atomic mass is 10.1.